The van der Waals surface area contributed by atoms with Gasteiger partial charge < -0.3 is 19.8 Å². The number of pyridine rings is 2. The number of H-pyrrole nitrogens is 2. The van der Waals surface area contributed by atoms with E-state index < -0.39 is 0 Å². The van der Waals surface area contributed by atoms with Gasteiger partial charge in [0.2, 0.25) is 0 Å². The van der Waals surface area contributed by atoms with E-state index in [1.54, 1.807) is 12.5 Å². The van der Waals surface area contributed by atoms with Crippen LogP contribution >= 0.6 is 0 Å². The van der Waals surface area contributed by atoms with Crippen molar-refractivity contribution in [2.75, 3.05) is 13.1 Å². The first-order chi connectivity index (χ1) is 16.2. The van der Waals surface area contributed by atoms with Crippen LogP contribution in [0.2, 0.25) is 0 Å². The number of carbonyl (C=O) groups excluding carboxylic acids is 1. The maximum atomic E-state index is 12.7. The molecule has 0 aromatic carbocycles. The van der Waals surface area contributed by atoms with Gasteiger partial charge in [0.1, 0.15) is 5.69 Å². The van der Waals surface area contributed by atoms with Crippen LogP contribution in [0.15, 0.2) is 42.9 Å². The van der Waals surface area contributed by atoms with Crippen molar-refractivity contribution in [3.05, 3.63) is 59.9 Å². The molecule has 0 saturated carbocycles. The zero-order valence-corrected chi connectivity index (χ0v) is 18.4. The number of fused-ring (bicyclic) bond motifs is 1. The van der Waals surface area contributed by atoms with Crippen molar-refractivity contribution in [3.8, 4) is 34.2 Å². The summed E-state index contributed by atoms with van der Waals surface area (Å²) < 4.78 is 0. The van der Waals surface area contributed by atoms with E-state index in [4.69, 9.17) is 4.98 Å². The number of nitrogens with one attached hydrogen (secondary N) is 2. The average molecular weight is 441 g/mol. The van der Waals surface area contributed by atoms with E-state index in [9.17, 15) is 4.79 Å². The van der Waals surface area contributed by atoms with Gasteiger partial charge in [-0.15, -0.1) is 0 Å². The molecular weight excluding hydrogens is 416 g/mol. The summed E-state index contributed by atoms with van der Waals surface area (Å²) >= 11 is 0. The molecule has 6 heterocycles. The summed E-state index contributed by atoms with van der Waals surface area (Å²) in [7, 11) is 0. The minimum atomic E-state index is 0.108. The smallest absolute Gasteiger partial charge is 0.320 e. The fraction of sp³-hybridized carbons (Fsp3) is 0.292. The molecule has 4 aromatic rings. The summed E-state index contributed by atoms with van der Waals surface area (Å²) in [5.41, 5.74) is 7.05. The van der Waals surface area contributed by atoms with Crippen LogP contribution in [0.25, 0.3) is 34.2 Å². The van der Waals surface area contributed by atoms with Gasteiger partial charge >= 0.3 is 6.03 Å². The third kappa shape index (κ3) is 3.55. The topological polar surface area (TPSA) is 107 Å². The number of imidazole rings is 2. The highest BCUT2D eigenvalue weighted by Crippen LogP contribution is 2.31. The molecule has 0 spiro atoms. The quantitative estimate of drug-likeness (QED) is 0.504. The molecule has 0 unspecified atom stereocenters. The van der Waals surface area contributed by atoms with Crippen molar-refractivity contribution in [2.24, 2.45) is 0 Å². The number of urea groups is 1. The van der Waals surface area contributed by atoms with Crippen molar-refractivity contribution in [2.45, 2.75) is 32.9 Å². The van der Waals surface area contributed by atoms with E-state index in [0.29, 0.717) is 18.9 Å². The molecule has 4 aromatic heterocycles. The van der Waals surface area contributed by atoms with Crippen LogP contribution in [-0.4, -0.2) is 58.8 Å². The summed E-state index contributed by atoms with van der Waals surface area (Å²) in [6, 6.07) is 9.96. The number of aryl methyl sites for hydroxylation is 1. The van der Waals surface area contributed by atoms with Crippen molar-refractivity contribution in [1.82, 2.24) is 39.7 Å². The van der Waals surface area contributed by atoms with E-state index in [1.807, 2.05) is 47.1 Å². The van der Waals surface area contributed by atoms with E-state index in [-0.39, 0.29) is 6.03 Å². The predicted molar refractivity (Wildman–Crippen MR) is 123 cm³/mol. The number of rotatable bonds is 3. The Morgan fingerprint density at radius 1 is 1.00 bits per heavy atom. The lowest BCUT2D eigenvalue weighted by Crippen LogP contribution is -2.38. The first-order valence-electron chi connectivity index (χ1n) is 11.2. The van der Waals surface area contributed by atoms with Gasteiger partial charge in [-0.1, -0.05) is 6.07 Å². The number of likely N-dealkylation sites (tertiary alicyclic amines) is 1. The number of aromatic amines is 2. The minimum absolute atomic E-state index is 0.108. The minimum Gasteiger partial charge on any atom is -0.343 e. The van der Waals surface area contributed by atoms with Gasteiger partial charge in [0.05, 0.1) is 47.9 Å². The van der Waals surface area contributed by atoms with Crippen LogP contribution in [0, 0.1) is 6.92 Å². The molecule has 166 valence electrons. The van der Waals surface area contributed by atoms with Crippen LogP contribution in [0.4, 0.5) is 4.79 Å². The lowest BCUT2D eigenvalue weighted by Gasteiger charge is -2.23. The second-order valence-electron chi connectivity index (χ2n) is 8.56. The molecule has 1 saturated heterocycles. The van der Waals surface area contributed by atoms with E-state index >= 15 is 0 Å². The van der Waals surface area contributed by atoms with Gasteiger partial charge in [0, 0.05) is 30.5 Å². The van der Waals surface area contributed by atoms with Crippen LogP contribution in [0.1, 0.15) is 29.9 Å². The molecule has 2 N–H and O–H groups in total. The lowest BCUT2D eigenvalue weighted by atomic mass is 10.1. The summed E-state index contributed by atoms with van der Waals surface area (Å²) in [5, 5.41) is 0. The number of carbonyl (C=O) groups is 1. The molecule has 2 aliphatic rings. The SMILES string of the molecule is Cc1cccc(-c2[nH]cnc2-c2ccnc(-c3nc4c([nH]3)CN(C(=O)N3CCCC3)C4)c2)n1. The summed E-state index contributed by atoms with van der Waals surface area (Å²) in [6.45, 7) is 4.77. The molecular formula is C24H24N8O. The summed E-state index contributed by atoms with van der Waals surface area (Å²) in [5.74, 6) is 0.709. The maximum absolute atomic E-state index is 12.7. The monoisotopic (exact) mass is 440 g/mol. The molecule has 0 bridgehead atoms. The van der Waals surface area contributed by atoms with Gasteiger partial charge in [-0.05, 0) is 44.0 Å². The Hall–Kier alpha value is -4.01. The molecule has 0 atom stereocenters. The van der Waals surface area contributed by atoms with E-state index in [1.165, 1.54) is 0 Å². The highest BCUT2D eigenvalue weighted by atomic mass is 16.2. The summed E-state index contributed by atoms with van der Waals surface area (Å²) in [6.07, 6.45) is 5.63. The molecule has 33 heavy (non-hydrogen) atoms. The second-order valence-corrected chi connectivity index (χ2v) is 8.56. The summed E-state index contributed by atoms with van der Waals surface area (Å²) in [4.78, 5) is 41.6. The van der Waals surface area contributed by atoms with Gasteiger partial charge in [-0.3, -0.25) is 9.97 Å². The number of amides is 2. The highest BCUT2D eigenvalue weighted by Gasteiger charge is 2.31. The number of nitrogens with zero attached hydrogens (tertiary/aromatic N) is 6. The highest BCUT2D eigenvalue weighted by molar-refractivity contribution is 5.78. The average Bonchev–Trinajstić information content (AvgIpc) is 3.62. The van der Waals surface area contributed by atoms with Gasteiger partial charge in [0.25, 0.3) is 0 Å². The van der Waals surface area contributed by atoms with Crippen molar-refractivity contribution in [1.29, 1.82) is 0 Å². The first-order valence-corrected chi connectivity index (χ1v) is 11.2. The van der Waals surface area contributed by atoms with Crippen LogP contribution in [0.3, 0.4) is 0 Å². The maximum Gasteiger partial charge on any atom is 0.320 e. The van der Waals surface area contributed by atoms with E-state index in [2.05, 4.69) is 24.9 Å². The normalized spacial score (nSPS) is 15.3. The van der Waals surface area contributed by atoms with Gasteiger partial charge in [0.15, 0.2) is 5.82 Å². The number of aromatic nitrogens is 6. The van der Waals surface area contributed by atoms with Crippen LogP contribution < -0.4 is 0 Å². The third-order valence-electron chi connectivity index (χ3n) is 6.26. The Kier molecular flexibility index (Phi) is 4.67. The fourth-order valence-corrected chi connectivity index (χ4v) is 4.60. The van der Waals surface area contributed by atoms with Crippen molar-refractivity contribution in [3.63, 3.8) is 0 Å². The molecule has 0 aliphatic carbocycles. The molecule has 6 rings (SSSR count). The molecule has 2 aliphatic heterocycles. The Morgan fingerprint density at radius 2 is 1.88 bits per heavy atom. The molecule has 0 radical (unpaired) electrons. The fourth-order valence-electron chi connectivity index (χ4n) is 4.60. The van der Waals surface area contributed by atoms with Crippen LogP contribution in [-0.2, 0) is 13.1 Å². The molecule has 9 nitrogen and oxygen atoms in total. The molecule has 9 heteroatoms. The zero-order chi connectivity index (χ0) is 22.4. The lowest BCUT2D eigenvalue weighted by molar-refractivity contribution is 0.162. The number of hydrogen-bond donors (Lipinski definition) is 2. The number of hydrogen-bond acceptors (Lipinski definition) is 5. The van der Waals surface area contributed by atoms with Gasteiger partial charge in [-0.2, -0.15) is 0 Å². The molecule has 2 amide bonds. The van der Waals surface area contributed by atoms with E-state index in [0.717, 1.165) is 71.4 Å². The van der Waals surface area contributed by atoms with Crippen molar-refractivity contribution >= 4 is 6.03 Å². The van der Waals surface area contributed by atoms with Crippen molar-refractivity contribution < 1.29 is 4.79 Å². The van der Waals surface area contributed by atoms with Crippen LogP contribution in [0.5, 0.6) is 0 Å². The standard InChI is InChI=1S/C24H24N8O/c1-15-5-4-6-17(28-15)22-21(26-14-27-22)16-7-8-25-18(11-16)23-29-19-12-32(13-20(19)30-23)24(33)31-9-2-3-10-31/h4-8,11,14H,2-3,9-10,12-13H2,1H3,(H,26,27)(H,29,30). The third-order valence-corrected chi connectivity index (χ3v) is 6.26. The Balaban J connectivity index is 1.26. The Bertz CT molecular complexity index is 1310. The second kappa shape index (κ2) is 7.84. The Morgan fingerprint density at radius 3 is 2.70 bits per heavy atom. The zero-order valence-electron chi connectivity index (χ0n) is 18.4. The largest absolute Gasteiger partial charge is 0.343 e. The molecule has 1 fully saturated rings. The first kappa shape index (κ1) is 19.7. The predicted octanol–water partition coefficient (Wildman–Crippen LogP) is 3.76. The Labute approximate surface area is 190 Å². The van der Waals surface area contributed by atoms with Gasteiger partial charge in [-0.25, -0.2) is 14.8 Å².